The smallest absolute Gasteiger partial charge is 0.156 e. The zero-order valence-electron chi connectivity index (χ0n) is 19.2. The summed E-state index contributed by atoms with van der Waals surface area (Å²) in [6, 6.07) is 10.0. The second kappa shape index (κ2) is 8.18. The van der Waals surface area contributed by atoms with Gasteiger partial charge in [0.2, 0.25) is 0 Å². The van der Waals surface area contributed by atoms with Gasteiger partial charge in [0.05, 0.1) is 11.1 Å². The van der Waals surface area contributed by atoms with Gasteiger partial charge in [-0.1, -0.05) is 0 Å². The molecule has 1 aliphatic rings. The van der Waals surface area contributed by atoms with Crippen LogP contribution in [0.3, 0.4) is 0 Å². The number of pyridine rings is 2. The molecule has 3 aromatic rings. The largest absolute Gasteiger partial charge is 0.361 e. The number of hydrogen-bond acceptors (Lipinski definition) is 8. The minimum absolute atomic E-state index is 0.0481. The zero-order chi connectivity index (χ0) is 24.9. The second-order valence-corrected chi connectivity index (χ2v) is 11.7. The van der Waals surface area contributed by atoms with Crippen LogP contribution in [0.5, 0.6) is 0 Å². The van der Waals surface area contributed by atoms with Gasteiger partial charge in [-0.05, 0) is 51.1 Å². The first kappa shape index (κ1) is 23.8. The summed E-state index contributed by atoms with van der Waals surface area (Å²) in [5, 5.41) is 24.6. The van der Waals surface area contributed by atoms with Crippen molar-refractivity contribution in [2.75, 3.05) is 18.9 Å². The fourth-order valence-electron chi connectivity index (χ4n) is 4.06. The Morgan fingerprint density at radius 2 is 1.97 bits per heavy atom. The van der Waals surface area contributed by atoms with Crippen LogP contribution in [0.15, 0.2) is 42.7 Å². The third-order valence-electron chi connectivity index (χ3n) is 6.21. The molecule has 9 nitrogen and oxygen atoms in total. The summed E-state index contributed by atoms with van der Waals surface area (Å²) >= 11 is 0. The van der Waals surface area contributed by atoms with Crippen molar-refractivity contribution in [1.82, 2.24) is 19.6 Å². The van der Waals surface area contributed by atoms with Gasteiger partial charge >= 0.3 is 0 Å². The minimum atomic E-state index is -3.34. The van der Waals surface area contributed by atoms with Crippen LogP contribution in [-0.4, -0.2) is 47.6 Å². The van der Waals surface area contributed by atoms with Crippen LogP contribution >= 0.6 is 10.8 Å². The summed E-state index contributed by atoms with van der Waals surface area (Å²) in [7, 11) is -1.79. The molecule has 1 aromatic carbocycles. The number of anilines is 2. The number of halogens is 1. The van der Waals surface area contributed by atoms with Gasteiger partial charge in [0.15, 0.2) is 5.82 Å². The lowest BCUT2D eigenvalue weighted by molar-refractivity contribution is 0.302. The molecule has 0 amide bonds. The van der Waals surface area contributed by atoms with Crippen LogP contribution in [-0.2, 0) is 5.54 Å². The number of nitriles is 1. The van der Waals surface area contributed by atoms with Gasteiger partial charge in [0, 0.05) is 42.6 Å². The molecule has 0 saturated carbocycles. The topological polar surface area (TPSA) is 141 Å². The number of nitrogens with zero attached hydrogens (tertiary/aromatic N) is 4. The monoisotopic (exact) mass is 483 g/mol. The average molecular weight is 484 g/mol. The van der Waals surface area contributed by atoms with Crippen molar-refractivity contribution in [3.63, 3.8) is 0 Å². The molecule has 0 aliphatic carbocycles. The Morgan fingerprint density at radius 3 is 2.68 bits per heavy atom. The number of amidine groups is 1. The van der Waals surface area contributed by atoms with E-state index in [0.717, 1.165) is 5.39 Å². The highest BCUT2D eigenvalue weighted by Crippen LogP contribution is 2.57. The fraction of sp³-hybridized carbons (Fsp3) is 0.304. The Labute approximate surface area is 198 Å². The van der Waals surface area contributed by atoms with E-state index in [-0.39, 0.29) is 17.9 Å². The summed E-state index contributed by atoms with van der Waals surface area (Å²) in [6.07, 6.45) is 3.05. The van der Waals surface area contributed by atoms with E-state index in [1.807, 2.05) is 0 Å². The number of likely N-dealkylation sites (N-methyl/N-ethyl adjacent to an activating group) is 1. The van der Waals surface area contributed by atoms with Crippen LogP contribution in [0, 0.1) is 22.6 Å². The average Bonchev–Trinajstić information content (AvgIpc) is 2.83. The minimum Gasteiger partial charge on any atom is -0.361 e. The number of nitrogens with one attached hydrogen (secondary N) is 3. The van der Waals surface area contributed by atoms with E-state index < -0.39 is 26.9 Å². The molecule has 1 fully saturated rings. The summed E-state index contributed by atoms with van der Waals surface area (Å²) in [6.45, 7) is 4.92. The van der Waals surface area contributed by atoms with Gasteiger partial charge in [0.25, 0.3) is 0 Å². The lowest BCUT2D eigenvalue weighted by Gasteiger charge is -2.49. The van der Waals surface area contributed by atoms with E-state index in [9.17, 15) is 9.11 Å². The molecular weight excluding hydrogens is 457 g/mol. The highest BCUT2D eigenvalue weighted by molar-refractivity contribution is 8.24. The van der Waals surface area contributed by atoms with E-state index in [4.69, 9.17) is 10.7 Å². The van der Waals surface area contributed by atoms with Crippen LogP contribution in [0.2, 0.25) is 0 Å². The van der Waals surface area contributed by atoms with Gasteiger partial charge in [-0.15, -0.1) is 10.8 Å². The summed E-state index contributed by atoms with van der Waals surface area (Å²) in [5.74, 6) is -0.148. The van der Waals surface area contributed by atoms with Crippen molar-refractivity contribution < 1.29 is 13.5 Å². The maximum atomic E-state index is 15.1. The van der Waals surface area contributed by atoms with Gasteiger partial charge in [-0.2, -0.15) is 5.26 Å². The standard InChI is InChI=1S/C23H26FN7O2S/c1-22(2)21(26)30-23(3,13-31(4)34(22,32)33)17-10-16(5-6-18(17)24)29-20-19-15(7-8-27-20)9-14(11-25)12-28-19/h5-10,12,32-33H,13H2,1-4H3,(H2,26,30)(H,27,29)/t23-/m0/s1. The van der Waals surface area contributed by atoms with Crippen molar-refractivity contribution in [1.29, 1.82) is 10.7 Å². The molecule has 0 spiro atoms. The summed E-state index contributed by atoms with van der Waals surface area (Å²) in [5.41, 5.74) is 0.652. The first-order chi connectivity index (χ1) is 15.9. The number of benzene rings is 1. The third kappa shape index (κ3) is 3.84. The first-order valence-electron chi connectivity index (χ1n) is 10.5. The molecule has 0 bridgehead atoms. The number of aromatic nitrogens is 2. The Morgan fingerprint density at radius 1 is 1.24 bits per heavy atom. The highest BCUT2D eigenvalue weighted by atomic mass is 32.3. The van der Waals surface area contributed by atoms with Crippen LogP contribution < -0.4 is 10.6 Å². The molecule has 5 N–H and O–H groups in total. The predicted molar refractivity (Wildman–Crippen MR) is 132 cm³/mol. The number of fused-ring (bicyclic) bond motifs is 1. The van der Waals surface area contributed by atoms with Crippen LogP contribution in [0.4, 0.5) is 15.9 Å². The predicted octanol–water partition coefficient (Wildman–Crippen LogP) is 4.56. The molecule has 1 aliphatic heterocycles. The Hall–Kier alpha value is -3.30. The highest BCUT2D eigenvalue weighted by Gasteiger charge is 2.49. The quantitative estimate of drug-likeness (QED) is 0.365. The summed E-state index contributed by atoms with van der Waals surface area (Å²) < 4.78 is 36.8. The Kier molecular flexibility index (Phi) is 5.73. The maximum Gasteiger partial charge on any atom is 0.156 e. The SMILES string of the molecule is CN1C[C@@](C)(c2cc(Nc3nccc4cc(C#N)cnc34)ccc2F)NC(=N)C(C)(C)S1(O)O. The fourth-order valence-corrected chi connectivity index (χ4v) is 5.60. The Balaban J connectivity index is 1.74. The van der Waals surface area contributed by atoms with Crippen molar-refractivity contribution in [2.24, 2.45) is 0 Å². The normalized spacial score (nSPS) is 22.9. The van der Waals surface area contributed by atoms with Crippen LogP contribution in [0.1, 0.15) is 31.9 Å². The van der Waals surface area contributed by atoms with Crippen molar-refractivity contribution in [3.05, 3.63) is 59.7 Å². The molecule has 34 heavy (non-hydrogen) atoms. The van der Waals surface area contributed by atoms with Crippen molar-refractivity contribution >= 4 is 39.0 Å². The maximum absolute atomic E-state index is 15.1. The molecule has 3 heterocycles. The molecule has 178 valence electrons. The number of hydrogen-bond donors (Lipinski definition) is 5. The van der Waals surface area contributed by atoms with E-state index >= 15 is 4.39 Å². The van der Waals surface area contributed by atoms with Gasteiger partial charge in [0.1, 0.15) is 28.0 Å². The number of rotatable bonds is 3. The lowest BCUT2D eigenvalue weighted by Crippen LogP contribution is -2.51. The second-order valence-electron chi connectivity index (χ2n) is 9.03. The van der Waals surface area contributed by atoms with E-state index in [1.54, 1.807) is 58.3 Å². The van der Waals surface area contributed by atoms with E-state index in [1.165, 1.54) is 16.6 Å². The van der Waals surface area contributed by atoms with Crippen molar-refractivity contribution in [2.45, 2.75) is 31.1 Å². The molecule has 11 heteroatoms. The Bertz CT molecular complexity index is 1340. The van der Waals surface area contributed by atoms with E-state index in [0.29, 0.717) is 22.6 Å². The molecule has 0 unspecified atom stereocenters. The first-order valence-corrected chi connectivity index (χ1v) is 12.0. The zero-order valence-corrected chi connectivity index (χ0v) is 20.0. The van der Waals surface area contributed by atoms with Gasteiger partial charge < -0.3 is 10.6 Å². The molecule has 4 rings (SSSR count). The lowest BCUT2D eigenvalue weighted by atomic mass is 9.90. The molecule has 0 radical (unpaired) electrons. The molecule has 1 saturated heterocycles. The van der Waals surface area contributed by atoms with Gasteiger partial charge in [-0.25, -0.2) is 13.7 Å². The molecule has 1 atom stereocenters. The summed E-state index contributed by atoms with van der Waals surface area (Å²) in [4.78, 5) is 8.68. The molecule has 2 aromatic heterocycles. The van der Waals surface area contributed by atoms with Gasteiger partial charge in [-0.3, -0.25) is 19.5 Å². The van der Waals surface area contributed by atoms with Crippen LogP contribution in [0.25, 0.3) is 10.9 Å². The molecular formula is C23H26FN7O2S. The van der Waals surface area contributed by atoms with E-state index in [2.05, 4.69) is 26.7 Å². The van der Waals surface area contributed by atoms with Crippen molar-refractivity contribution in [3.8, 4) is 6.07 Å². The third-order valence-corrected chi connectivity index (χ3v) is 8.78.